The van der Waals surface area contributed by atoms with E-state index in [0.717, 1.165) is 49.8 Å². The van der Waals surface area contributed by atoms with Gasteiger partial charge in [-0.15, -0.1) is 0 Å². The summed E-state index contributed by atoms with van der Waals surface area (Å²) >= 11 is 6.09. The Hall–Kier alpha value is -2.24. The number of rotatable bonds is 4. The van der Waals surface area contributed by atoms with E-state index in [1.54, 1.807) is 7.11 Å². The molecule has 2 heterocycles. The first-order valence-electron chi connectivity index (χ1n) is 9.67. The molecule has 2 aliphatic rings. The van der Waals surface area contributed by atoms with Crippen molar-refractivity contribution < 1.29 is 14.3 Å². The van der Waals surface area contributed by atoms with Gasteiger partial charge in [-0.05, 0) is 47.9 Å². The Morgan fingerprint density at radius 2 is 1.89 bits per heavy atom. The molecule has 28 heavy (non-hydrogen) atoms. The molecule has 5 nitrogen and oxygen atoms in total. The zero-order valence-electron chi connectivity index (χ0n) is 16.1. The first-order chi connectivity index (χ1) is 13.6. The minimum absolute atomic E-state index is 0.126. The highest BCUT2D eigenvalue weighted by Gasteiger charge is 2.31. The topological polar surface area (TPSA) is 42.0 Å². The maximum atomic E-state index is 13.0. The molecule has 4 rings (SSSR count). The van der Waals surface area contributed by atoms with Crippen molar-refractivity contribution in [1.29, 1.82) is 0 Å². The largest absolute Gasteiger partial charge is 0.497 e. The Bertz CT molecular complexity index is 832. The number of fused-ring (bicyclic) bond motifs is 1. The minimum atomic E-state index is -0.126. The predicted molar refractivity (Wildman–Crippen MR) is 109 cm³/mol. The molecule has 2 aliphatic heterocycles. The highest BCUT2D eigenvalue weighted by Crippen LogP contribution is 2.30. The highest BCUT2D eigenvalue weighted by molar-refractivity contribution is 6.30. The van der Waals surface area contributed by atoms with E-state index in [9.17, 15) is 4.79 Å². The highest BCUT2D eigenvalue weighted by atomic mass is 35.5. The average Bonchev–Trinajstić information content (AvgIpc) is 2.74. The number of methoxy groups -OCH3 is 1. The van der Waals surface area contributed by atoms with Gasteiger partial charge in [-0.25, -0.2) is 0 Å². The minimum Gasteiger partial charge on any atom is -0.497 e. The van der Waals surface area contributed by atoms with Crippen molar-refractivity contribution in [2.24, 2.45) is 5.92 Å². The van der Waals surface area contributed by atoms with Crippen LogP contribution in [0.5, 0.6) is 11.5 Å². The van der Waals surface area contributed by atoms with E-state index in [1.807, 2.05) is 35.2 Å². The van der Waals surface area contributed by atoms with Crippen LogP contribution in [0.1, 0.15) is 11.1 Å². The van der Waals surface area contributed by atoms with Gasteiger partial charge in [0.1, 0.15) is 18.1 Å². The Labute approximate surface area is 170 Å². The lowest BCUT2D eigenvalue weighted by molar-refractivity contribution is -0.138. The van der Waals surface area contributed by atoms with Crippen molar-refractivity contribution in [3.63, 3.8) is 0 Å². The SMILES string of the molecule is COc1ccc(CN2CCN(C(=O)[C@H]3COc4ccc(Cl)cc4C3)CC2)cc1. The zero-order chi connectivity index (χ0) is 19.5. The van der Waals surface area contributed by atoms with Crippen LogP contribution < -0.4 is 9.47 Å². The molecule has 1 atom stereocenters. The maximum Gasteiger partial charge on any atom is 0.229 e. The van der Waals surface area contributed by atoms with Crippen molar-refractivity contribution in [1.82, 2.24) is 9.80 Å². The van der Waals surface area contributed by atoms with E-state index in [1.165, 1.54) is 5.56 Å². The average molecular weight is 401 g/mol. The zero-order valence-corrected chi connectivity index (χ0v) is 16.8. The summed E-state index contributed by atoms with van der Waals surface area (Å²) in [4.78, 5) is 17.3. The fourth-order valence-corrected chi connectivity index (χ4v) is 4.09. The van der Waals surface area contributed by atoms with E-state index >= 15 is 0 Å². The summed E-state index contributed by atoms with van der Waals surface area (Å²) in [5.74, 6) is 1.78. The molecule has 2 aromatic rings. The van der Waals surface area contributed by atoms with Crippen molar-refractivity contribution >= 4 is 17.5 Å². The molecule has 0 N–H and O–H groups in total. The summed E-state index contributed by atoms with van der Waals surface area (Å²) in [5.41, 5.74) is 2.28. The third-order valence-electron chi connectivity index (χ3n) is 5.53. The summed E-state index contributed by atoms with van der Waals surface area (Å²) in [6, 6.07) is 13.8. The number of halogens is 1. The molecule has 0 aliphatic carbocycles. The lowest BCUT2D eigenvalue weighted by atomic mass is 9.95. The number of amides is 1. The monoisotopic (exact) mass is 400 g/mol. The first kappa shape index (κ1) is 19.1. The molecule has 0 radical (unpaired) electrons. The summed E-state index contributed by atoms with van der Waals surface area (Å²) in [5, 5.41) is 0.683. The van der Waals surface area contributed by atoms with Crippen LogP contribution >= 0.6 is 11.6 Å². The fraction of sp³-hybridized carbons (Fsp3) is 0.409. The molecule has 0 aromatic heterocycles. The van der Waals surface area contributed by atoms with Crippen LogP contribution in [0, 0.1) is 5.92 Å². The van der Waals surface area contributed by atoms with Crippen LogP contribution in [0.3, 0.4) is 0 Å². The van der Waals surface area contributed by atoms with Crippen LogP contribution in [-0.4, -0.2) is 55.6 Å². The number of piperazine rings is 1. The van der Waals surface area contributed by atoms with Crippen molar-refractivity contribution in [2.45, 2.75) is 13.0 Å². The number of hydrogen-bond acceptors (Lipinski definition) is 4. The lowest BCUT2D eigenvalue weighted by Crippen LogP contribution is -2.51. The molecule has 0 bridgehead atoms. The quantitative estimate of drug-likeness (QED) is 0.790. The maximum absolute atomic E-state index is 13.0. The third kappa shape index (κ3) is 4.26. The van der Waals surface area contributed by atoms with E-state index in [-0.39, 0.29) is 11.8 Å². The molecule has 6 heteroatoms. The normalized spacial score (nSPS) is 19.6. The van der Waals surface area contributed by atoms with Gasteiger partial charge < -0.3 is 14.4 Å². The molecular formula is C22H25ClN2O3. The van der Waals surface area contributed by atoms with Gasteiger partial charge >= 0.3 is 0 Å². The first-order valence-corrected chi connectivity index (χ1v) is 10.1. The molecule has 2 aromatic carbocycles. The van der Waals surface area contributed by atoms with E-state index in [4.69, 9.17) is 21.1 Å². The number of ether oxygens (including phenoxy) is 2. The van der Waals surface area contributed by atoms with Crippen LogP contribution in [0.4, 0.5) is 0 Å². The second-order valence-electron chi connectivity index (χ2n) is 7.41. The molecule has 0 spiro atoms. The van der Waals surface area contributed by atoms with Crippen LogP contribution in [0.25, 0.3) is 0 Å². The van der Waals surface area contributed by atoms with Crippen molar-refractivity contribution in [3.05, 3.63) is 58.6 Å². The van der Waals surface area contributed by atoms with Crippen molar-refractivity contribution in [3.8, 4) is 11.5 Å². The van der Waals surface area contributed by atoms with Crippen LogP contribution in [0.2, 0.25) is 5.02 Å². The van der Waals surface area contributed by atoms with Crippen LogP contribution in [0.15, 0.2) is 42.5 Å². The predicted octanol–water partition coefficient (Wildman–Crippen LogP) is 3.24. The van der Waals surface area contributed by atoms with Gasteiger partial charge in [0.2, 0.25) is 5.91 Å². The fourth-order valence-electron chi connectivity index (χ4n) is 3.90. The molecular weight excluding hydrogens is 376 g/mol. The Kier molecular flexibility index (Phi) is 5.74. The second-order valence-corrected chi connectivity index (χ2v) is 7.85. The number of nitrogens with zero attached hydrogens (tertiary/aromatic N) is 2. The van der Waals surface area contributed by atoms with E-state index in [0.29, 0.717) is 18.1 Å². The molecule has 148 valence electrons. The number of benzene rings is 2. The van der Waals surface area contributed by atoms with E-state index < -0.39 is 0 Å². The third-order valence-corrected chi connectivity index (χ3v) is 5.76. The molecule has 0 saturated carbocycles. The molecule has 1 amide bonds. The van der Waals surface area contributed by atoms with Gasteiger partial charge in [-0.1, -0.05) is 23.7 Å². The molecule has 0 unspecified atom stereocenters. The summed E-state index contributed by atoms with van der Waals surface area (Å²) in [6.45, 7) is 4.62. The van der Waals surface area contributed by atoms with Gasteiger partial charge in [0.15, 0.2) is 0 Å². The summed E-state index contributed by atoms with van der Waals surface area (Å²) in [6.07, 6.45) is 0.695. The Balaban J connectivity index is 1.30. The van der Waals surface area contributed by atoms with E-state index in [2.05, 4.69) is 17.0 Å². The summed E-state index contributed by atoms with van der Waals surface area (Å²) in [7, 11) is 1.68. The van der Waals surface area contributed by atoms with Gasteiger partial charge in [0, 0.05) is 37.7 Å². The van der Waals surface area contributed by atoms with Gasteiger partial charge in [0.25, 0.3) is 0 Å². The van der Waals surface area contributed by atoms with Crippen LogP contribution in [-0.2, 0) is 17.8 Å². The van der Waals surface area contributed by atoms with Gasteiger partial charge in [-0.3, -0.25) is 9.69 Å². The number of carbonyl (C=O) groups is 1. The Morgan fingerprint density at radius 1 is 1.14 bits per heavy atom. The standard InChI is InChI=1S/C22H25ClN2O3/c1-27-20-5-2-16(3-6-20)14-24-8-10-25(11-9-24)22(26)18-12-17-13-19(23)4-7-21(17)28-15-18/h2-7,13,18H,8-12,14-15H2,1H3/t18-/m1/s1. The van der Waals surface area contributed by atoms with Gasteiger partial charge in [-0.2, -0.15) is 0 Å². The molecule has 1 fully saturated rings. The Morgan fingerprint density at radius 3 is 2.61 bits per heavy atom. The van der Waals surface area contributed by atoms with Crippen molar-refractivity contribution in [2.75, 3.05) is 39.9 Å². The molecule has 1 saturated heterocycles. The number of hydrogen-bond donors (Lipinski definition) is 0. The second kappa shape index (κ2) is 8.41. The summed E-state index contributed by atoms with van der Waals surface area (Å²) < 4.78 is 11.0. The lowest BCUT2D eigenvalue weighted by Gasteiger charge is -2.37. The van der Waals surface area contributed by atoms with Gasteiger partial charge in [0.05, 0.1) is 13.0 Å². The smallest absolute Gasteiger partial charge is 0.229 e. The number of carbonyl (C=O) groups excluding carboxylic acids is 1.